The zero-order chi connectivity index (χ0) is 17.0. The second-order valence-corrected chi connectivity index (χ2v) is 5.78. The average Bonchev–Trinajstić information content (AvgIpc) is 2.47. The molecule has 8 heteroatoms. The van der Waals surface area contributed by atoms with Gasteiger partial charge >= 0.3 is 21.0 Å². The number of rotatable bonds is 14. The number of ketones is 2. The van der Waals surface area contributed by atoms with E-state index in [1.54, 1.807) is 0 Å². The summed E-state index contributed by atoms with van der Waals surface area (Å²) in [6, 6.07) is 0. The third-order valence-electron chi connectivity index (χ3n) is 2.92. The van der Waals surface area contributed by atoms with Crippen LogP contribution in [0.3, 0.4) is 0 Å². The lowest BCUT2D eigenvalue weighted by molar-refractivity contribution is -0.136. The van der Waals surface area contributed by atoms with Crippen LogP contribution in [-0.2, 0) is 23.2 Å². The van der Waals surface area contributed by atoms with E-state index >= 15 is 0 Å². The highest BCUT2D eigenvalue weighted by atomic mass is 31.1. The van der Waals surface area contributed by atoms with E-state index in [4.69, 9.17) is 0 Å². The predicted molar refractivity (Wildman–Crippen MR) is 77.9 cm³/mol. The van der Waals surface area contributed by atoms with E-state index < -0.39 is 32.5 Å². The van der Waals surface area contributed by atoms with E-state index in [2.05, 4.69) is 9.05 Å². The summed E-state index contributed by atoms with van der Waals surface area (Å²) >= 11 is 0. The van der Waals surface area contributed by atoms with E-state index in [-0.39, 0.29) is 12.8 Å². The third-order valence-corrected chi connectivity index (χ3v) is 3.63. The van der Waals surface area contributed by atoms with Gasteiger partial charge in [0.15, 0.2) is 11.6 Å². The molecule has 0 aliphatic rings. The fourth-order valence-electron chi connectivity index (χ4n) is 1.62. The highest BCUT2D eigenvalue weighted by Gasteiger charge is 2.37. The minimum atomic E-state index is -3.20. The maximum Gasteiger partial charge on any atom is 0.704 e. The van der Waals surface area contributed by atoms with Crippen molar-refractivity contribution in [2.24, 2.45) is 0 Å². The number of Topliss-reactive ketones (excluding diaryl/α,β-unsaturated/α-hetero) is 2. The molecule has 0 amide bonds. The Kier molecular flexibility index (Phi) is 12.3. The molecule has 0 saturated carbocycles. The SMILES string of the molecule is CCCCCC(=O)[C@H](F)O[P+](=O)O[C@@H](F)C(=O)CCCCC. The van der Waals surface area contributed by atoms with Crippen molar-refractivity contribution in [2.75, 3.05) is 0 Å². The molecule has 0 N–H and O–H groups in total. The summed E-state index contributed by atoms with van der Waals surface area (Å²) in [5.41, 5.74) is 0. The lowest BCUT2D eigenvalue weighted by Crippen LogP contribution is -2.19. The first-order chi connectivity index (χ1) is 10.4. The van der Waals surface area contributed by atoms with Gasteiger partial charge in [0.2, 0.25) is 0 Å². The molecular formula is C14H24F2O5P+. The molecule has 0 spiro atoms. The molecule has 0 radical (unpaired) electrons. The van der Waals surface area contributed by atoms with Gasteiger partial charge in [-0.05, 0) is 12.8 Å². The van der Waals surface area contributed by atoms with Crippen LogP contribution in [0, 0.1) is 0 Å². The maximum atomic E-state index is 13.3. The molecule has 0 unspecified atom stereocenters. The second kappa shape index (κ2) is 12.7. The van der Waals surface area contributed by atoms with Crippen LogP contribution < -0.4 is 0 Å². The molecule has 0 aromatic carbocycles. The third kappa shape index (κ3) is 10.0. The highest BCUT2D eigenvalue weighted by molar-refractivity contribution is 7.33. The first-order valence-corrected chi connectivity index (χ1v) is 8.66. The summed E-state index contributed by atoms with van der Waals surface area (Å²) in [6.07, 6.45) is -0.694. The molecule has 2 atom stereocenters. The first kappa shape index (κ1) is 21.2. The number of halogens is 2. The molecule has 0 aliphatic heterocycles. The smallest absolute Gasteiger partial charge is 0.293 e. The Bertz CT molecular complexity index is 333. The summed E-state index contributed by atoms with van der Waals surface area (Å²) < 4.78 is 46.3. The molecule has 22 heavy (non-hydrogen) atoms. The molecule has 0 bridgehead atoms. The molecule has 0 aliphatic carbocycles. The van der Waals surface area contributed by atoms with Crippen molar-refractivity contribution in [1.82, 2.24) is 0 Å². The Morgan fingerprint density at radius 3 is 1.55 bits per heavy atom. The normalized spacial score (nSPS) is 13.6. The van der Waals surface area contributed by atoms with Crippen LogP contribution in [0.1, 0.15) is 65.2 Å². The Hall–Kier alpha value is -0.780. The van der Waals surface area contributed by atoms with Crippen molar-refractivity contribution in [2.45, 2.75) is 77.9 Å². The number of unbranched alkanes of at least 4 members (excludes halogenated alkanes) is 4. The quantitative estimate of drug-likeness (QED) is 0.342. The molecule has 0 aromatic heterocycles. The zero-order valence-electron chi connectivity index (χ0n) is 13.1. The molecule has 128 valence electrons. The lowest BCUT2D eigenvalue weighted by atomic mass is 10.1. The van der Waals surface area contributed by atoms with Crippen LogP contribution in [0.15, 0.2) is 0 Å². The van der Waals surface area contributed by atoms with Crippen molar-refractivity contribution in [3.8, 4) is 0 Å². The van der Waals surface area contributed by atoms with Gasteiger partial charge in [-0.15, -0.1) is 0 Å². The number of carbonyl (C=O) groups is 2. The number of alkyl halides is 2. The monoisotopic (exact) mass is 341 g/mol. The maximum absolute atomic E-state index is 13.3. The minimum Gasteiger partial charge on any atom is -0.293 e. The van der Waals surface area contributed by atoms with Crippen molar-refractivity contribution < 1.29 is 32.0 Å². The van der Waals surface area contributed by atoms with Crippen molar-refractivity contribution in [3.05, 3.63) is 0 Å². The van der Waals surface area contributed by atoms with Gasteiger partial charge in [-0.1, -0.05) is 48.6 Å². The summed E-state index contributed by atoms with van der Waals surface area (Å²) in [5.74, 6) is -1.74. The molecule has 0 heterocycles. The Labute approximate surface area is 130 Å². The van der Waals surface area contributed by atoms with E-state index in [0.717, 1.165) is 25.7 Å². The van der Waals surface area contributed by atoms with Crippen LogP contribution >= 0.6 is 8.25 Å². The first-order valence-electron chi connectivity index (χ1n) is 7.56. The molecule has 0 aromatic rings. The van der Waals surface area contributed by atoms with Gasteiger partial charge in [-0.2, -0.15) is 0 Å². The number of hydrogen-bond acceptors (Lipinski definition) is 5. The molecule has 0 saturated heterocycles. The standard InChI is InChI=1S/C14H24F2O5P/c1-3-5-7-9-11(17)13(15)20-22(19)21-14(16)12(18)10-8-6-4-2/h13-14H,3-10H2,1-2H3/q+1/t13-,14-/m1/s1. The van der Waals surface area contributed by atoms with Crippen LogP contribution in [-0.4, -0.2) is 24.3 Å². The molecule has 0 fully saturated rings. The minimum absolute atomic E-state index is 0.0484. The van der Waals surface area contributed by atoms with E-state index in [1.165, 1.54) is 0 Å². The van der Waals surface area contributed by atoms with Crippen LogP contribution in [0.2, 0.25) is 0 Å². The largest absolute Gasteiger partial charge is 0.704 e. The zero-order valence-corrected chi connectivity index (χ0v) is 14.0. The average molecular weight is 341 g/mol. The van der Waals surface area contributed by atoms with E-state index in [9.17, 15) is 22.9 Å². The summed E-state index contributed by atoms with van der Waals surface area (Å²) in [5, 5.41) is 0. The summed E-state index contributed by atoms with van der Waals surface area (Å²) in [4.78, 5) is 22.6. The topological polar surface area (TPSA) is 69.7 Å². The Balaban J connectivity index is 4.04. The number of hydrogen-bond donors (Lipinski definition) is 0. The highest BCUT2D eigenvalue weighted by Crippen LogP contribution is 2.30. The van der Waals surface area contributed by atoms with Gasteiger partial charge in [-0.25, -0.2) is 8.78 Å². The number of carbonyl (C=O) groups excluding carboxylic acids is 2. The summed E-state index contributed by atoms with van der Waals surface area (Å²) in [7, 11) is -3.20. The molecule has 5 nitrogen and oxygen atoms in total. The van der Waals surface area contributed by atoms with Gasteiger partial charge in [0, 0.05) is 17.4 Å². The summed E-state index contributed by atoms with van der Waals surface area (Å²) in [6.45, 7) is 3.86. The van der Waals surface area contributed by atoms with Gasteiger partial charge in [-0.3, -0.25) is 9.59 Å². The second-order valence-electron chi connectivity index (χ2n) is 4.91. The van der Waals surface area contributed by atoms with E-state index in [0.29, 0.717) is 12.8 Å². The van der Waals surface area contributed by atoms with Crippen LogP contribution in [0.5, 0.6) is 0 Å². The molecule has 0 rings (SSSR count). The van der Waals surface area contributed by atoms with Crippen molar-refractivity contribution >= 4 is 19.8 Å². The fourth-order valence-corrected chi connectivity index (χ4v) is 2.21. The predicted octanol–water partition coefficient (Wildman–Crippen LogP) is 4.57. The Morgan fingerprint density at radius 2 is 1.23 bits per heavy atom. The lowest BCUT2D eigenvalue weighted by Gasteiger charge is -2.02. The Morgan fingerprint density at radius 1 is 0.864 bits per heavy atom. The van der Waals surface area contributed by atoms with Crippen molar-refractivity contribution in [3.63, 3.8) is 0 Å². The fraction of sp³-hybridized carbons (Fsp3) is 0.857. The molecular weight excluding hydrogens is 317 g/mol. The van der Waals surface area contributed by atoms with Crippen molar-refractivity contribution in [1.29, 1.82) is 0 Å². The van der Waals surface area contributed by atoms with Crippen LogP contribution in [0.4, 0.5) is 8.78 Å². The van der Waals surface area contributed by atoms with Gasteiger partial charge in [0.1, 0.15) is 0 Å². The van der Waals surface area contributed by atoms with Gasteiger partial charge in [0.25, 0.3) is 0 Å². The van der Waals surface area contributed by atoms with Gasteiger partial charge < -0.3 is 0 Å². The van der Waals surface area contributed by atoms with Crippen LogP contribution in [0.25, 0.3) is 0 Å². The van der Waals surface area contributed by atoms with Gasteiger partial charge in [0.05, 0.1) is 0 Å². The van der Waals surface area contributed by atoms with E-state index in [1.807, 2.05) is 13.8 Å².